The van der Waals surface area contributed by atoms with Gasteiger partial charge in [0, 0.05) is 24.2 Å². The van der Waals surface area contributed by atoms with Crippen LogP contribution < -0.4 is 5.32 Å². The maximum absolute atomic E-state index is 11.3. The van der Waals surface area contributed by atoms with Gasteiger partial charge in [0.05, 0.1) is 4.92 Å². The summed E-state index contributed by atoms with van der Waals surface area (Å²) in [6.07, 6.45) is 5.73. The van der Waals surface area contributed by atoms with Gasteiger partial charge in [-0.25, -0.2) is 0 Å². The second-order valence-electron chi connectivity index (χ2n) is 5.90. The van der Waals surface area contributed by atoms with E-state index >= 15 is 0 Å². The Morgan fingerprint density at radius 2 is 1.91 bits per heavy atom. The van der Waals surface area contributed by atoms with Crippen LogP contribution >= 0.6 is 0 Å². The Morgan fingerprint density at radius 3 is 2.52 bits per heavy atom. The highest BCUT2D eigenvalue weighted by Crippen LogP contribution is 2.24. The standard InChI is InChI=1S/C19H20N2O2/c1-2-5-14-8-9-17(19(10-14)21(22)23)13-20-18-11-15-6-3-4-7-16(15)12-18/h2-10,18,20H,11-13H2,1H3. The lowest BCUT2D eigenvalue weighted by molar-refractivity contribution is -0.385. The smallest absolute Gasteiger partial charge is 0.274 e. The molecule has 0 amide bonds. The van der Waals surface area contributed by atoms with Crippen molar-refractivity contribution in [1.29, 1.82) is 0 Å². The van der Waals surface area contributed by atoms with Gasteiger partial charge in [0.15, 0.2) is 0 Å². The fourth-order valence-corrected chi connectivity index (χ4v) is 3.15. The molecule has 0 unspecified atom stereocenters. The van der Waals surface area contributed by atoms with E-state index in [2.05, 4.69) is 29.6 Å². The van der Waals surface area contributed by atoms with E-state index in [4.69, 9.17) is 0 Å². The van der Waals surface area contributed by atoms with Crippen LogP contribution in [-0.4, -0.2) is 11.0 Å². The van der Waals surface area contributed by atoms with E-state index < -0.39 is 0 Å². The lowest BCUT2D eigenvalue weighted by Gasteiger charge is -2.12. The molecule has 2 aromatic rings. The monoisotopic (exact) mass is 308 g/mol. The van der Waals surface area contributed by atoms with Gasteiger partial charge in [-0.15, -0.1) is 0 Å². The molecule has 4 nitrogen and oxygen atoms in total. The zero-order chi connectivity index (χ0) is 16.2. The predicted octanol–water partition coefficient (Wildman–Crippen LogP) is 3.88. The molecule has 0 heterocycles. The number of fused-ring (bicyclic) bond motifs is 1. The van der Waals surface area contributed by atoms with Crippen molar-refractivity contribution in [2.75, 3.05) is 0 Å². The van der Waals surface area contributed by atoms with Gasteiger partial charge < -0.3 is 5.32 Å². The third-order valence-electron chi connectivity index (χ3n) is 4.30. The van der Waals surface area contributed by atoms with Crippen LogP contribution in [0.3, 0.4) is 0 Å². The molecule has 0 bridgehead atoms. The highest BCUT2D eigenvalue weighted by molar-refractivity contribution is 5.56. The van der Waals surface area contributed by atoms with Crippen LogP contribution in [-0.2, 0) is 19.4 Å². The highest BCUT2D eigenvalue weighted by Gasteiger charge is 2.21. The van der Waals surface area contributed by atoms with Gasteiger partial charge in [-0.1, -0.05) is 48.6 Å². The quantitative estimate of drug-likeness (QED) is 0.673. The number of nitro benzene ring substituents is 1. The second-order valence-corrected chi connectivity index (χ2v) is 5.90. The number of benzene rings is 2. The molecule has 2 aromatic carbocycles. The average Bonchev–Trinajstić information content (AvgIpc) is 2.96. The van der Waals surface area contributed by atoms with Crippen LogP contribution in [0.2, 0.25) is 0 Å². The minimum absolute atomic E-state index is 0.184. The van der Waals surface area contributed by atoms with Crippen LogP contribution in [0.4, 0.5) is 5.69 Å². The van der Waals surface area contributed by atoms with E-state index in [1.165, 1.54) is 11.1 Å². The first-order valence-electron chi connectivity index (χ1n) is 7.87. The Hall–Kier alpha value is -2.46. The third kappa shape index (κ3) is 3.48. The number of hydrogen-bond donors (Lipinski definition) is 1. The van der Waals surface area contributed by atoms with E-state index in [-0.39, 0.29) is 10.6 Å². The molecule has 0 radical (unpaired) electrons. The molecule has 1 N–H and O–H groups in total. The molecule has 0 saturated carbocycles. The molecular formula is C19H20N2O2. The van der Waals surface area contributed by atoms with Crippen LogP contribution in [0, 0.1) is 10.1 Å². The van der Waals surface area contributed by atoms with Crippen molar-refractivity contribution >= 4 is 11.8 Å². The van der Waals surface area contributed by atoms with Gasteiger partial charge in [-0.3, -0.25) is 10.1 Å². The van der Waals surface area contributed by atoms with E-state index in [1.54, 1.807) is 6.07 Å². The largest absolute Gasteiger partial charge is 0.309 e. The highest BCUT2D eigenvalue weighted by atomic mass is 16.6. The lowest BCUT2D eigenvalue weighted by Crippen LogP contribution is -2.29. The van der Waals surface area contributed by atoms with Crippen molar-refractivity contribution < 1.29 is 4.92 Å². The van der Waals surface area contributed by atoms with Crippen molar-refractivity contribution in [3.63, 3.8) is 0 Å². The van der Waals surface area contributed by atoms with Crippen LogP contribution in [0.15, 0.2) is 48.5 Å². The molecule has 0 aliphatic heterocycles. The second kappa shape index (κ2) is 6.75. The molecular weight excluding hydrogens is 288 g/mol. The molecule has 3 rings (SSSR count). The van der Waals surface area contributed by atoms with Crippen molar-refractivity contribution in [3.05, 3.63) is 80.9 Å². The van der Waals surface area contributed by atoms with Gasteiger partial charge in [-0.05, 0) is 36.5 Å². The summed E-state index contributed by atoms with van der Waals surface area (Å²) in [4.78, 5) is 11.0. The zero-order valence-corrected chi connectivity index (χ0v) is 13.2. The maximum atomic E-state index is 11.3. The van der Waals surface area contributed by atoms with E-state index in [1.807, 2.05) is 31.2 Å². The molecule has 118 valence electrons. The summed E-state index contributed by atoms with van der Waals surface area (Å²) in [5.74, 6) is 0. The van der Waals surface area contributed by atoms with Crippen LogP contribution in [0.1, 0.15) is 29.2 Å². The summed E-state index contributed by atoms with van der Waals surface area (Å²) in [5, 5.41) is 14.8. The van der Waals surface area contributed by atoms with Crippen molar-refractivity contribution in [1.82, 2.24) is 5.32 Å². The van der Waals surface area contributed by atoms with Crippen molar-refractivity contribution in [2.24, 2.45) is 0 Å². The number of rotatable bonds is 5. The first-order chi connectivity index (χ1) is 11.2. The van der Waals surface area contributed by atoms with E-state index in [9.17, 15) is 10.1 Å². The van der Waals surface area contributed by atoms with Gasteiger partial charge in [0.2, 0.25) is 0 Å². The first kappa shape index (κ1) is 15.4. The Morgan fingerprint density at radius 1 is 1.22 bits per heavy atom. The van der Waals surface area contributed by atoms with Gasteiger partial charge in [0.25, 0.3) is 5.69 Å². The number of nitrogens with zero attached hydrogens (tertiary/aromatic N) is 1. The molecule has 1 aliphatic carbocycles. The molecule has 4 heteroatoms. The Balaban J connectivity index is 1.70. The summed E-state index contributed by atoms with van der Waals surface area (Å²) >= 11 is 0. The minimum Gasteiger partial charge on any atom is -0.309 e. The number of nitro groups is 1. The fraction of sp³-hybridized carbons (Fsp3) is 0.263. The molecule has 0 spiro atoms. The Kier molecular flexibility index (Phi) is 4.53. The van der Waals surface area contributed by atoms with Crippen molar-refractivity contribution in [2.45, 2.75) is 32.4 Å². The minimum atomic E-state index is -0.298. The first-order valence-corrected chi connectivity index (χ1v) is 7.87. The molecule has 23 heavy (non-hydrogen) atoms. The van der Waals surface area contributed by atoms with Crippen LogP contribution in [0.5, 0.6) is 0 Å². The third-order valence-corrected chi connectivity index (χ3v) is 4.30. The molecule has 0 atom stereocenters. The molecule has 1 aliphatic rings. The normalized spacial score (nSPS) is 14.3. The predicted molar refractivity (Wildman–Crippen MR) is 92.3 cm³/mol. The zero-order valence-electron chi connectivity index (χ0n) is 13.2. The molecule has 0 fully saturated rings. The number of nitrogens with one attached hydrogen (secondary N) is 1. The Labute approximate surface area is 136 Å². The summed E-state index contributed by atoms with van der Waals surface area (Å²) in [6, 6.07) is 14.2. The summed E-state index contributed by atoms with van der Waals surface area (Å²) in [5.41, 5.74) is 4.53. The molecule has 0 aromatic heterocycles. The lowest BCUT2D eigenvalue weighted by atomic mass is 10.1. The summed E-state index contributed by atoms with van der Waals surface area (Å²) in [7, 11) is 0. The number of allylic oxidation sites excluding steroid dienone is 1. The number of hydrogen-bond acceptors (Lipinski definition) is 3. The summed E-state index contributed by atoms with van der Waals surface area (Å²) < 4.78 is 0. The topological polar surface area (TPSA) is 55.2 Å². The van der Waals surface area contributed by atoms with E-state index in [0.29, 0.717) is 12.6 Å². The van der Waals surface area contributed by atoms with E-state index in [0.717, 1.165) is 24.0 Å². The molecule has 0 saturated heterocycles. The van der Waals surface area contributed by atoms with Gasteiger partial charge in [-0.2, -0.15) is 0 Å². The summed E-state index contributed by atoms with van der Waals surface area (Å²) in [6.45, 7) is 2.42. The maximum Gasteiger partial charge on any atom is 0.274 e. The van der Waals surface area contributed by atoms with Gasteiger partial charge in [0.1, 0.15) is 0 Å². The van der Waals surface area contributed by atoms with Gasteiger partial charge >= 0.3 is 0 Å². The van der Waals surface area contributed by atoms with Crippen molar-refractivity contribution in [3.8, 4) is 0 Å². The SMILES string of the molecule is CC=Cc1ccc(CNC2Cc3ccccc3C2)c([N+](=O)[O-])c1. The Bertz CT molecular complexity index is 728. The fourth-order valence-electron chi connectivity index (χ4n) is 3.15. The van der Waals surface area contributed by atoms with Crippen LogP contribution in [0.25, 0.3) is 6.08 Å². The average molecular weight is 308 g/mol.